The maximum Gasteiger partial charge on any atom is 0.178 e. The van der Waals surface area contributed by atoms with Gasteiger partial charge >= 0.3 is 0 Å². The highest BCUT2D eigenvalue weighted by Gasteiger charge is 2.19. The molecule has 2 N–H and O–H groups in total. The predicted octanol–water partition coefficient (Wildman–Crippen LogP) is 5.01. The van der Waals surface area contributed by atoms with Gasteiger partial charge in [0, 0.05) is 15.1 Å². The zero-order valence-electron chi connectivity index (χ0n) is 10.3. The molecule has 0 aliphatic heterocycles. The minimum atomic E-state index is 0.359. The van der Waals surface area contributed by atoms with E-state index in [1.165, 1.54) is 0 Å². The van der Waals surface area contributed by atoms with E-state index in [1.54, 1.807) is 6.07 Å². The van der Waals surface area contributed by atoms with Gasteiger partial charge in [-0.1, -0.05) is 63.0 Å². The summed E-state index contributed by atoms with van der Waals surface area (Å²) in [6.45, 7) is 0. The second kappa shape index (κ2) is 5.31. The molecule has 20 heavy (non-hydrogen) atoms. The van der Waals surface area contributed by atoms with Crippen molar-refractivity contribution >= 4 is 33.3 Å². The summed E-state index contributed by atoms with van der Waals surface area (Å²) in [5.74, 6) is 0.959. The molecular weight excluding hydrogens is 340 g/mol. The van der Waals surface area contributed by atoms with Crippen LogP contribution in [0.15, 0.2) is 57.5 Å². The van der Waals surface area contributed by atoms with E-state index < -0.39 is 0 Å². The first-order valence-corrected chi connectivity index (χ1v) is 7.10. The number of halogens is 2. The summed E-state index contributed by atoms with van der Waals surface area (Å²) in [7, 11) is 0. The number of nitrogens with zero attached hydrogens (tertiary/aromatic N) is 1. The van der Waals surface area contributed by atoms with Crippen LogP contribution in [-0.2, 0) is 0 Å². The van der Waals surface area contributed by atoms with Crippen molar-refractivity contribution in [3.63, 3.8) is 0 Å². The van der Waals surface area contributed by atoms with Crippen LogP contribution >= 0.6 is 27.5 Å². The van der Waals surface area contributed by atoms with E-state index in [1.807, 2.05) is 42.5 Å². The standard InChI is InChI=1S/C15H10BrClN2O/c16-12-7-6-10(17)8-11(12)14-13(15(18)19-20-14)9-4-2-1-3-5-9/h1-8H,(H2,18,19). The maximum absolute atomic E-state index is 6.06. The second-order valence-corrected chi connectivity index (χ2v) is 5.55. The number of nitrogen functional groups attached to an aromatic ring is 1. The molecule has 3 nitrogen and oxygen atoms in total. The van der Waals surface area contributed by atoms with Crippen molar-refractivity contribution in [2.24, 2.45) is 0 Å². The van der Waals surface area contributed by atoms with E-state index in [2.05, 4.69) is 21.1 Å². The molecule has 100 valence electrons. The molecule has 0 fully saturated rings. The Hall–Kier alpha value is -1.78. The molecular formula is C15H10BrClN2O. The topological polar surface area (TPSA) is 52.0 Å². The monoisotopic (exact) mass is 348 g/mol. The van der Waals surface area contributed by atoms with Crippen molar-refractivity contribution in [1.29, 1.82) is 0 Å². The highest BCUT2D eigenvalue weighted by molar-refractivity contribution is 9.10. The van der Waals surface area contributed by atoms with E-state index in [0.717, 1.165) is 21.2 Å². The van der Waals surface area contributed by atoms with Crippen molar-refractivity contribution in [3.8, 4) is 22.5 Å². The van der Waals surface area contributed by atoms with Gasteiger partial charge < -0.3 is 10.3 Å². The fourth-order valence-corrected chi connectivity index (χ4v) is 2.64. The molecule has 3 aromatic rings. The van der Waals surface area contributed by atoms with Crippen molar-refractivity contribution in [1.82, 2.24) is 5.16 Å². The summed E-state index contributed by atoms with van der Waals surface area (Å²) >= 11 is 9.55. The minimum absolute atomic E-state index is 0.359. The summed E-state index contributed by atoms with van der Waals surface area (Å²) in [5, 5.41) is 4.50. The number of nitrogens with two attached hydrogens (primary N) is 1. The molecule has 0 aliphatic rings. The summed E-state index contributed by atoms with van der Waals surface area (Å²) in [4.78, 5) is 0. The largest absolute Gasteiger partial charge is 0.380 e. The van der Waals surface area contributed by atoms with Gasteiger partial charge in [-0.3, -0.25) is 0 Å². The van der Waals surface area contributed by atoms with E-state index >= 15 is 0 Å². The molecule has 0 saturated carbocycles. The van der Waals surface area contributed by atoms with Gasteiger partial charge in [0.05, 0.1) is 5.56 Å². The maximum atomic E-state index is 6.06. The molecule has 0 spiro atoms. The fraction of sp³-hybridized carbons (Fsp3) is 0. The highest BCUT2D eigenvalue weighted by atomic mass is 79.9. The smallest absolute Gasteiger partial charge is 0.178 e. The number of hydrogen-bond acceptors (Lipinski definition) is 3. The average Bonchev–Trinajstić information content (AvgIpc) is 2.84. The van der Waals surface area contributed by atoms with Gasteiger partial charge in [-0.05, 0) is 23.8 Å². The van der Waals surface area contributed by atoms with Crippen LogP contribution in [0, 0.1) is 0 Å². The SMILES string of the molecule is Nc1noc(-c2cc(Cl)ccc2Br)c1-c1ccccc1. The predicted molar refractivity (Wildman–Crippen MR) is 84.5 cm³/mol. The summed E-state index contributed by atoms with van der Waals surface area (Å²) < 4.78 is 6.28. The Morgan fingerprint density at radius 1 is 1.10 bits per heavy atom. The van der Waals surface area contributed by atoms with E-state index in [-0.39, 0.29) is 0 Å². The van der Waals surface area contributed by atoms with Crippen LogP contribution in [-0.4, -0.2) is 5.16 Å². The Kier molecular flexibility index (Phi) is 3.51. The molecule has 1 heterocycles. The molecule has 0 atom stereocenters. The molecule has 3 rings (SSSR count). The van der Waals surface area contributed by atoms with Crippen LogP contribution in [0.5, 0.6) is 0 Å². The Bertz CT molecular complexity index is 756. The number of hydrogen-bond donors (Lipinski definition) is 1. The summed E-state index contributed by atoms with van der Waals surface area (Å²) in [6.07, 6.45) is 0. The highest BCUT2D eigenvalue weighted by Crippen LogP contribution is 2.40. The molecule has 0 aliphatic carbocycles. The lowest BCUT2D eigenvalue weighted by molar-refractivity contribution is 0.436. The van der Waals surface area contributed by atoms with Crippen LogP contribution < -0.4 is 5.73 Å². The normalized spacial score (nSPS) is 10.7. The Morgan fingerprint density at radius 3 is 2.60 bits per heavy atom. The molecule has 1 aromatic heterocycles. The number of anilines is 1. The molecule has 0 amide bonds. The van der Waals surface area contributed by atoms with E-state index in [4.69, 9.17) is 21.9 Å². The number of rotatable bonds is 2. The van der Waals surface area contributed by atoms with Crippen molar-refractivity contribution in [2.45, 2.75) is 0 Å². The molecule has 0 saturated heterocycles. The zero-order valence-corrected chi connectivity index (χ0v) is 12.6. The lowest BCUT2D eigenvalue weighted by Gasteiger charge is -2.05. The van der Waals surface area contributed by atoms with Crippen molar-refractivity contribution in [2.75, 3.05) is 5.73 Å². The molecule has 0 bridgehead atoms. The van der Waals surface area contributed by atoms with Gasteiger partial charge in [0.15, 0.2) is 11.6 Å². The van der Waals surface area contributed by atoms with Crippen LogP contribution in [0.3, 0.4) is 0 Å². The van der Waals surface area contributed by atoms with Crippen LogP contribution in [0.2, 0.25) is 5.02 Å². The quantitative estimate of drug-likeness (QED) is 0.708. The Balaban J connectivity index is 2.24. The van der Waals surface area contributed by atoms with Gasteiger partial charge in [0.2, 0.25) is 0 Å². The van der Waals surface area contributed by atoms with Gasteiger partial charge in [0.1, 0.15) is 0 Å². The summed E-state index contributed by atoms with van der Waals surface area (Å²) in [5.41, 5.74) is 8.49. The number of benzene rings is 2. The third-order valence-corrected chi connectivity index (χ3v) is 3.88. The van der Waals surface area contributed by atoms with Crippen molar-refractivity contribution in [3.05, 3.63) is 58.0 Å². The first-order valence-electron chi connectivity index (χ1n) is 5.93. The average molecular weight is 350 g/mol. The summed E-state index contributed by atoms with van der Waals surface area (Å²) in [6, 6.07) is 15.2. The van der Waals surface area contributed by atoms with Crippen LogP contribution in [0.4, 0.5) is 5.82 Å². The van der Waals surface area contributed by atoms with Crippen LogP contribution in [0.1, 0.15) is 0 Å². The minimum Gasteiger partial charge on any atom is -0.380 e. The van der Waals surface area contributed by atoms with E-state index in [9.17, 15) is 0 Å². The first-order chi connectivity index (χ1) is 9.66. The van der Waals surface area contributed by atoms with E-state index in [0.29, 0.717) is 16.6 Å². The molecule has 5 heteroatoms. The molecule has 0 unspecified atom stereocenters. The first kappa shape index (κ1) is 13.2. The third kappa shape index (κ3) is 2.32. The van der Waals surface area contributed by atoms with Gasteiger partial charge in [-0.25, -0.2) is 0 Å². The number of aromatic nitrogens is 1. The Labute approximate surface area is 129 Å². The zero-order chi connectivity index (χ0) is 14.1. The van der Waals surface area contributed by atoms with Crippen LogP contribution in [0.25, 0.3) is 22.5 Å². The van der Waals surface area contributed by atoms with Gasteiger partial charge in [-0.15, -0.1) is 0 Å². The second-order valence-electron chi connectivity index (χ2n) is 4.26. The van der Waals surface area contributed by atoms with Gasteiger partial charge in [0.25, 0.3) is 0 Å². The third-order valence-electron chi connectivity index (χ3n) is 2.95. The molecule has 2 aromatic carbocycles. The fourth-order valence-electron chi connectivity index (χ4n) is 2.04. The lowest BCUT2D eigenvalue weighted by Crippen LogP contribution is -1.89. The lowest BCUT2D eigenvalue weighted by atomic mass is 10.0. The molecule has 0 radical (unpaired) electrons. The van der Waals surface area contributed by atoms with Gasteiger partial charge in [-0.2, -0.15) is 0 Å². The Morgan fingerprint density at radius 2 is 1.85 bits per heavy atom. The van der Waals surface area contributed by atoms with Crippen molar-refractivity contribution < 1.29 is 4.52 Å².